The summed E-state index contributed by atoms with van der Waals surface area (Å²) >= 11 is 1.70. The number of carbonyl (C=O) groups excluding carboxylic acids is 3. The largest absolute Gasteiger partial charge is 0.497 e. The minimum Gasteiger partial charge on any atom is -0.497 e. The maximum absolute atomic E-state index is 11.8. The number of urea groups is 3. The number of methoxy groups -OCH3 is 1. The van der Waals surface area contributed by atoms with Gasteiger partial charge in [0.1, 0.15) is 5.75 Å². The minimum atomic E-state index is -0.0907. The van der Waals surface area contributed by atoms with E-state index in [2.05, 4.69) is 35.0 Å². The van der Waals surface area contributed by atoms with Crippen molar-refractivity contribution in [3.05, 3.63) is 78.4 Å². The van der Waals surface area contributed by atoms with E-state index in [-0.39, 0.29) is 18.1 Å². The van der Waals surface area contributed by atoms with E-state index in [0.717, 1.165) is 94.1 Å². The van der Waals surface area contributed by atoms with E-state index in [4.69, 9.17) is 4.74 Å². The molecule has 2 heterocycles. The fourth-order valence-corrected chi connectivity index (χ4v) is 5.48. The molecule has 0 radical (unpaired) electrons. The normalized spacial score (nSPS) is 12.9. The third-order valence-electron chi connectivity index (χ3n) is 7.99. The van der Waals surface area contributed by atoms with Crippen LogP contribution < -0.4 is 20.7 Å². The van der Waals surface area contributed by atoms with Crippen LogP contribution in [0.4, 0.5) is 31.4 Å². The second-order valence-corrected chi connectivity index (χ2v) is 12.5. The quantitative estimate of drug-likeness (QED) is 0.202. The zero-order chi connectivity index (χ0) is 36.7. The first-order valence-electron chi connectivity index (χ1n) is 17.8. The molecule has 0 aromatic heterocycles. The summed E-state index contributed by atoms with van der Waals surface area (Å²) in [5.74, 6) is 0.778. The lowest BCUT2D eigenvalue weighted by atomic mass is 10.1. The van der Waals surface area contributed by atoms with E-state index in [1.165, 1.54) is 10.5 Å². The maximum atomic E-state index is 11.8. The Morgan fingerprint density at radius 3 is 1.52 bits per heavy atom. The Bertz CT molecular complexity index is 1320. The van der Waals surface area contributed by atoms with Gasteiger partial charge in [-0.25, -0.2) is 14.4 Å². The number of anilines is 3. The van der Waals surface area contributed by atoms with Crippen molar-refractivity contribution in [3.63, 3.8) is 0 Å². The molecule has 0 bridgehead atoms. The van der Waals surface area contributed by atoms with Crippen LogP contribution >= 0.6 is 11.8 Å². The van der Waals surface area contributed by atoms with Crippen molar-refractivity contribution in [1.29, 1.82) is 0 Å². The second kappa shape index (κ2) is 23.9. The van der Waals surface area contributed by atoms with Gasteiger partial charge in [-0.3, -0.25) is 0 Å². The van der Waals surface area contributed by atoms with E-state index in [9.17, 15) is 14.4 Å². The standard InChI is InChI=1S/C13H18N2O.C12H18N2O2.C12H16N2OS.C2H6/c1-2-11-5-7-12(8-6-11)14-13(16)15-9-3-4-10-15;1-4-9-14(2)12(15)13-10-5-7-11(16-3)8-6-10;1-16-11-6-4-10(5-7-11)13-12(15)14-8-2-3-9-14;1-2/h5-8H,2-4,9-10H2,1H3,(H,14,16);5-8H,4,9H2,1-3H3,(H,13,15);4-7H,2-3,8-9H2,1H3,(H,13,15);1-2H3. The summed E-state index contributed by atoms with van der Waals surface area (Å²) < 4.78 is 5.04. The molecule has 3 N–H and O–H groups in total. The van der Waals surface area contributed by atoms with Gasteiger partial charge in [0.05, 0.1) is 7.11 Å². The number of thioether (sulfide) groups is 1. The molecule has 0 spiro atoms. The number of benzene rings is 3. The molecule has 2 fully saturated rings. The lowest BCUT2D eigenvalue weighted by Gasteiger charge is -2.16. The predicted octanol–water partition coefficient (Wildman–Crippen LogP) is 9.51. The van der Waals surface area contributed by atoms with Gasteiger partial charge in [0.2, 0.25) is 0 Å². The fraction of sp³-hybridized carbons (Fsp3) is 0.462. The molecule has 6 amide bonds. The average molecular weight is 707 g/mol. The summed E-state index contributed by atoms with van der Waals surface area (Å²) in [6, 6.07) is 23.2. The molecule has 50 heavy (non-hydrogen) atoms. The van der Waals surface area contributed by atoms with Crippen LogP contribution in [0, 0.1) is 0 Å². The summed E-state index contributed by atoms with van der Waals surface area (Å²) in [5.41, 5.74) is 3.82. The van der Waals surface area contributed by atoms with Crippen LogP contribution in [-0.4, -0.2) is 85.9 Å². The Labute approximate surface area is 304 Å². The molecule has 274 valence electrons. The Morgan fingerprint density at radius 2 is 1.12 bits per heavy atom. The molecule has 2 aliphatic heterocycles. The summed E-state index contributed by atoms with van der Waals surface area (Å²) in [7, 11) is 3.39. The van der Waals surface area contributed by atoms with Crippen LogP contribution in [0.25, 0.3) is 0 Å². The third kappa shape index (κ3) is 15.0. The third-order valence-corrected chi connectivity index (χ3v) is 8.73. The van der Waals surface area contributed by atoms with Gasteiger partial charge < -0.3 is 35.4 Å². The Morgan fingerprint density at radius 1 is 0.700 bits per heavy atom. The number of carbonyl (C=O) groups is 3. The van der Waals surface area contributed by atoms with Gasteiger partial charge in [0.15, 0.2) is 0 Å². The summed E-state index contributed by atoms with van der Waals surface area (Å²) in [6.45, 7) is 12.5. The summed E-state index contributed by atoms with van der Waals surface area (Å²) in [5, 5.41) is 8.64. The summed E-state index contributed by atoms with van der Waals surface area (Å²) in [4.78, 5) is 41.8. The smallest absolute Gasteiger partial charge is 0.321 e. The van der Waals surface area contributed by atoms with E-state index in [1.807, 2.05) is 97.5 Å². The number of ether oxygens (including phenoxy) is 1. The lowest BCUT2D eigenvalue weighted by Crippen LogP contribution is -2.32. The fourth-order valence-electron chi connectivity index (χ4n) is 5.07. The van der Waals surface area contributed by atoms with Gasteiger partial charge in [-0.2, -0.15) is 0 Å². The molecule has 2 aliphatic rings. The van der Waals surface area contributed by atoms with Crippen molar-refractivity contribution in [2.75, 3.05) is 69.1 Å². The highest BCUT2D eigenvalue weighted by atomic mass is 32.2. The first kappa shape index (κ1) is 41.8. The number of aryl methyl sites for hydroxylation is 1. The van der Waals surface area contributed by atoms with Crippen LogP contribution in [-0.2, 0) is 6.42 Å². The SMILES string of the molecule is CC.CCCN(C)C(=O)Nc1ccc(OC)cc1.CCc1ccc(NC(=O)N2CCCC2)cc1.CSc1ccc(NC(=O)N2CCCC2)cc1. The van der Waals surface area contributed by atoms with Crippen LogP contribution in [0.5, 0.6) is 5.75 Å². The van der Waals surface area contributed by atoms with Crippen LogP contribution in [0.2, 0.25) is 0 Å². The molecule has 11 heteroatoms. The monoisotopic (exact) mass is 706 g/mol. The van der Waals surface area contributed by atoms with E-state index < -0.39 is 0 Å². The molecule has 5 rings (SSSR count). The first-order chi connectivity index (χ1) is 24.3. The molecular weight excluding hydrogens is 649 g/mol. The Hall–Kier alpha value is -4.38. The van der Waals surface area contributed by atoms with Gasteiger partial charge in [-0.1, -0.05) is 39.8 Å². The van der Waals surface area contributed by atoms with Crippen LogP contribution in [0.15, 0.2) is 77.7 Å². The summed E-state index contributed by atoms with van der Waals surface area (Å²) in [6.07, 6.45) is 8.52. The van der Waals surface area contributed by atoms with Gasteiger partial charge in [0, 0.05) is 61.7 Å². The molecule has 10 nitrogen and oxygen atoms in total. The highest BCUT2D eigenvalue weighted by Gasteiger charge is 2.18. The molecule has 0 atom stereocenters. The van der Waals surface area contributed by atoms with Crippen molar-refractivity contribution in [1.82, 2.24) is 14.7 Å². The van der Waals surface area contributed by atoms with Crippen molar-refractivity contribution in [3.8, 4) is 5.75 Å². The number of likely N-dealkylation sites (tertiary alicyclic amines) is 2. The number of nitrogens with one attached hydrogen (secondary N) is 3. The molecule has 0 unspecified atom stereocenters. The van der Waals surface area contributed by atoms with E-state index in [0.29, 0.717) is 0 Å². The second-order valence-electron chi connectivity index (χ2n) is 11.6. The Kier molecular flexibility index (Phi) is 20.0. The number of rotatable bonds is 8. The first-order valence-corrected chi connectivity index (χ1v) is 19.0. The average Bonchev–Trinajstić information content (AvgIpc) is 3.90. The minimum absolute atomic E-state index is 0.0226. The highest BCUT2D eigenvalue weighted by molar-refractivity contribution is 7.98. The van der Waals surface area contributed by atoms with Crippen LogP contribution in [0.1, 0.15) is 65.4 Å². The van der Waals surface area contributed by atoms with E-state index in [1.54, 1.807) is 30.8 Å². The molecule has 0 aliphatic carbocycles. The molecule has 3 aromatic rings. The highest BCUT2D eigenvalue weighted by Crippen LogP contribution is 2.19. The zero-order valence-electron chi connectivity index (χ0n) is 31.1. The lowest BCUT2D eigenvalue weighted by molar-refractivity contribution is 0.222. The van der Waals surface area contributed by atoms with Crippen LogP contribution in [0.3, 0.4) is 0 Å². The topological polar surface area (TPSA) is 106 Å². The number of nitrogens with zero attached hydrogens (tertiary/aromatic N) is 3. The zero-order valence-corrected chi connectivity index (χ0v) is 31.9. The van der Waals surface area contributed by atoms with E-state index >= 15 is 0 Å². The molecule has 2 saturated heterocycles. The van der Waals surface area contributed by atoms with Gasteiger partial charge in [-0.15, -0.1) is 11.8 Å². The molecular formula is C39H58N6O4S. The van der Waals surface area contributed by atoms with Gasteiger partial charge >= 0.3 is 18.1 Å². The number of hydrogen-bond donors (Lipinski definition) is 3. The predicted molar refractivity (Wildman–Crippen MR) is 210 cm³/mol. The van der Waals surface area contributed by atoms with Crippen molar-refractivity contribution in [2.45, 2.75) is 71.1 Å². The van der Waals surface area contributed by atoms with Gasteiger partial charge in [-0.05, 0) is 111 Å². The van der Waals surface area contributed by atoms with Gasteiger partial charge in [0.25, 0.3) is 0 Å². The number of amides is 6. The Balaban J connectivity index is 0.000000254. The maximum Gasteiger partial charge on any atom is 0.321 e. The van der Waals surface area contributed by atoms with Crippen molar-refractivity contribution >= 4 is 46.9 Å². The number of hydrogen-bond acceptors (Lipinski definition) is 5. The molecule has 0 saturated carbocycles. The van der Waals surface area contributed by atoms with Crippen molar-refractivity contribution < 1.29 is 19.1 Å². The van der Waals surface area contributed by atoms with Crippen molar-refractivity contribution in [2.24, 2.45) is 0 Å². The molecule has 3 aromatic carbocycles.